The summed E-state index contributed by atoms with van der Waals surface area (Å²) in [6.07, 6.45) is 6.88. The van der Waals surface area contributed by atoms with Crippen LogP contribution < -0.4 is 15.1 Å². The van der Waals surface area contributed by atoms with E-state index in [1.165, 1.54) is 42.0 Å². The second-order valence-electron chi connectivity index (χ2n) is 15.5. The summed E-state index contributed by atoms with van der Waals surface area (Å²) in [6, 6.07) is 11.7. The van der Waals surface area contributed by atoms with Crippen molar-refractivity contribution in [3.8, 4) is 23.0 Å². The predicted molar refractivity (Wildman–Crippen MR) is 211 cm³/mol. The van der Waals surface area contributed by atoms with E-state index in [-0.39, 0.29) is 6.09 Å². The van der Waals surface area contributed by atoms with E-state index in [1.54, 1.807) is 6.20 Å². The number of aromatic nitrogens is 6. The highest BCUT2D eigenvalue weighted by Gasteiger charge is 2.38. The molecule has 0 spiro atoms. The molecule has 0 atom stereocenters. The topological polar surface area (TPSA) is 167 Å². The quantitative estimate of drug-likeness (QED) is 0.287. The van der Waals surface area contributed by atoms with Gasteiger partial charge in [-0.15, -0.1) is 0 Å². The van der Waals surface area contributed by atoms with Crippen molar-refractivity contribution in [3.63, 3.8) is 0 Å². The number of alkyl halides is 3. The summed E-state index contributed by atoms with van der Waals surface area (Å²) in [6.45, 7) is 13.2. The number of carboxylic acid groups (broad SMARTS) is 1. The van der Waals surface area contributed by atoms with Crippen molar-refractivity contribution in [2.75, 3.05) is 62.2 Å². The second kappa shape index (κ2) is 18.9. The van der Waals surface area contributed by atoms with Gasteiger partial charge in [-0.1, -0.05) is 12.1 Å². The summed E-state index contributed by atoms with van der Waals surface area (Å²) in [5.41, 5.74) is 6.21. The van der Waals surface area contributed by atoms with E-state index in [0.29, 0.717) is 18.9 Å². The first kappa shape index (κ1) is 42.2. The maximum absolute atomic E-state index is 12.5. The van der Waals surface area contributed by atoms with Crippen molar-refractivity contribution in [2.45, 2.75) is 83.9 Å². The summed E-state index contributed by atoms with van der Waals surface area (Å²) in [5, 5.41) is 9.53. The molecule has 0 radical (unpaired) electrons. The minimum atomic E-state index is -5.08. The van der Waals surface area contributed by atoms with Gasteiger partial charge in [-0.05, 0) is 90.0 Å². The van der Waals surface area contributed by atoms with E-state index in [2.05, 4.69) is 25.1 Å². The molecule has 4 aromatic heterocycles. The van der Waals surface area contributed by atoms with Crippen molar-refractivity contribution < 1.29 is 37.9 Å². The van der Waals surface area contributed by atoms with Gasteiger partial charge in [0, 0.05) is 74.1 Å². The van der Waals surface area contributed by atoms with Crippen LogP contribution in [-0.2, 0) is 35.2 Å². The molecular formula is C41H52F3N10O4+. The molecule has 310 valence electrons. The molecule has 0 saturated carbocycles. The lowest BCUT2D eigenvalue weighted by molar-refractivity contribution is -0.650. The van der Waals surface area contributed by atoms with Gasteiger partial charge in [-0.2, -0.15) is 13.2 Å². The number of carboxylic acids is 1. The van der Waals surface area contributed by atoms with Gasteiger partial charge in [-0.3, -0.25) is 9.97 Å². The lowest BCUT2D eigenvalue weighted by Crippen LogP contribution is -2.84. The molecule has 0 unspecified atom stereocenters. The number of rotatable bonds is 4. The van der Waals surface area contributed by atoms with Gasteiger partial charge >= 0.3 is 18.2 Å². The normalized spacial score (nSPS) is 16.8. The maximum Gasteiger partial charge on any atom is 0.490 e. The Morgan fingerprint density at radius 2 is 1.21 bits per heavy atom. The number of fused-ring (bicyclic) bond motifs is 2. The van der Waals surface area contributed by atoms with Gasteiger partial charge in [0.05, 0.1) is 19.6 Å². The monoisotopic (exact) mass is 805 g/mol. The van der Waals surface area contributed by atoms with E-state index in [0.717, 1.165) is 100.0 Å². The first-order chi connectivity index (χ1) is 27.8. The van der Waals surface area contributed by atoms with Crippen LogP contribution in [-0.4, -0.2) is 116 Å². The van der Waals surface area contributed by atoms with Crippen LogP contribution in [0.1, 0.15) is 69.0 Å². The fraction of sp³-hybridized carbons (Fsp3) is 0.512. The average molecular weight is 806 g/mol. The molecule has 2 aliphatic carbocycles. The zero-order chi connectivity index (χ0) is 41.3. The third-order valence-corrected chi connectivity index (χ3v) is 10.0. The van der Waals surface area contributed by atoms with E-state index in [1.807, 2.05) is 68.3 Å². The minimum Gasteiger partial charge on any atom is -0.475 e. The highest BCUT2D eigenvalue weighted by atomic mass is 19.4. The third-order valence-electron chi connectivity index (χ3n) is 10.0. The number of pyridine rings is 2. The Hall–Kier alpha value is -5.45. The SMILES string of the molecule is CC(C)(C)OC(=O)N1CCCN(c2nc(-c3ccccn3)nc3c2CCC3)CC1.O=C(O)C(F)(F)F.c1ccc(-c2nc3c(c(N4CCC[NH2+]CC4)n2)CCC3)nc1. The van der Waals surface area contributed by atoms with Crippen molar-refractivity contribution in [1.82, 2.24) is 34.8 Å². The Balaban J connectivity index is 0.000000172. The van der Waals surface area contributed by atoms with Crippen LogP contribution in [0, 0.1) is 0 Å². The van der Waals surface area contributed by atoms with Crippen LogP contribution in [0.2, 0.25) is 0 Å². The van der Waals surface area contributed by atoms with E-state index < -0.39 is 17.7 Å². The van der Waals surface area contributed by atoms with Crippen LogP contribution in [0.25, 0.3) is 23.0 Å². The Morgan fingerprint density at radius 1 is 0.672 bits per heavy atom. The molecule has 4 aromatic rings. The fourth-order valence-electron chi connectivity index (χ4n) is 7.35. The molecule has 0 bridgehead atoms. The number of ether oxygens (including phenoxy) is 1. The Morgan fingerprint density at radius 3 is 1.71 bits per heavy atom. The van der Waals surface area contributed by atoms with Crippen LogP contribution in [0.5, 0.6) is 0 Å². The van der Waals surface area contributed by atoms with Crippen LogP contribution in [0.4, 0.5) is 29.6 Å². The first-order valence-electron chi connectivity index (χ1n) is 20.0. The molecule has 2 aliphatic heterocycles. The van der Waals surface area contributed by atoms with Crippen molar-refractivity contribution >= 4 is 23.7 Å². The predicted octanol–water partition coefficient (Wildman–Crippen LogP) is 4.91. The lowest BCUT2D eigenvalue weighted by atomic mass is 10.2. The van der Waals surface area contributed by atoms with E-state index in [9.17, 15) is 18.0 Å². The molecule has 6 heterocycles. The molecule has 4 aliphatic rings. The standard InChI is InChI=1S/C22H29N5O2.C17H21N5.C2HF3O2/c1-22(2,3)29-21(28)27-13-7-12-26(14-15-27)20-16-8-6-10-17(16)24-19(25-20)18-9-4-5-11-23-18;1-2-9-19-15(6-1)16-20-14-7-3-5-13(14)17(21-16)22-11-4-8-18-10-12-22;3-2(4,5)1(6)7/h4-5,9,11H,6-8,10,12-15H2,1-3H3;1-2,6,9,18H,3-5,7-8,10-12H2;(H,6,7)/p+1. The largest absolute Gasteiger partial charge is 0.490 e. The third kappa shape index (κ3) is 11.1. The highest BCUT2D eigenvalue weighted by molar-refractivity contribution is 5.73. The van der Waals surface area contributed by atoms with Gasteiger partial charge in [0.15, 0.2) is 11.6 Å². The number of anilines is 2. The van der Waals surface area contributed by atoms with Crippen molar-refractivity contribution in [1.29, 1.82) is 0 Å². The van der Waals surface area contributed by atoms with Gasteiger partial charge in [0.2, 0.25) is 0 Å². The van der Waals surface area contributed by atoms with Crippen LogP contribution in [0.15, 0.2) is 48.8 Å². The number of halogens is 3. The summed E-state index contributed by atoms with van der Waals surface area (Å²) in [4.78, 5) is 56.3. The summed E-state index contributed by atoms with van der Waals surface area (Å²) in [7, 11) is 0. The van der Waals surface area contributed by atoms with Gasteiger partial charge in [0.25, 0.3) is 0 Å². The minimum absolute atomic E-state index is 0.235. The van der Waals surface area contributed by atoms with Gasteiger partial charge in [0.1, 0.15) is 28.6 Å². The molecule has 0 aromatic carbocycles. The number of nitrogens with two attached hydrogens (primary N) is 1. The fourth-order valence-corrected chi connectivity index (χ4v) is 7.35. The number of hydrogen-bond donors (Lipinski definition) is 2. The van der Waals surface area contributed by atoms with Crippen LogP contribution >= 0.6 is 0 Å². The number of nitrogens with zero attached hydrogens (tertiary/aromatic N) is 9. The summed E-state index contributed by atoms with van der Waals surface area (Å²) in [5.74, 6) is 0.893. The molecule has 17 heteroatoms. The number of amides is 1. The van der Waals surface area contributed by atoms with E-state index in [4.69, 9.17) is 34.6 Å². The number of hydrogen-bond acceptors (Lipinski definition) is 11. The summed E-state index contributed by atoms with van der Waals surface area (Å²) >= 11 is 0. The molecule has 1 amide bonds. The van der Waals surface area contributed by atoms with Crippen molar-refractivity contribution in [2.24, 2.45) is 0 Å². The zero-order valence-electron chi connectivity index (χ0n) is 33.3. The van der Waals surface area contributed by atoms with Crippen molar-refractivity contribution in [3.05, 3.63) is 71.3 Å². The first-order valence-corrected chi connectivity index (χ1v) is 20.0. The summed E-state index contributed by atoms with van der Waals surface area (Å²) < 4.78 is 37.3. The maximum atomic E-state index is 12.5. The highest BCUT2D eigenvalue weighted by Crippen LogP contribution is 2.33. The zero-order valence-corrected chi connectivity index (χ0v) is 33.3. The Kier molecular flexibility index (Phi) is 13.7. The number of aliphatic carboxylic acids is 1. The smallest absolute Gasteiger partial charge is 0.475 e. The molecular weight excluding hydrogens is 754 g/mol. The Labute approximate surface area is 336 Å². The lowest BCUT2D eigenvalue weighted by Gasteiger charge is -2.27. The van der Waals surface area contributed by atoms with Gasteiger partial charge in [-0.25, -0.2) is 29.5 Å². The second-order valence-corrected chi connectivity index (χ2v) is 15.5. The van der Waals surface area contributed by atoms with E-state index >= 15 is 0 Å². The molecule has 8 rings (SSSR count). The molecule has 14 nitrogen and oxygen atoms in total. The molecule has 2 saturated heterocycles. The Bertz CT molecular complexity index is 2010. The molecule has 2 fully saturated rings. The number of aryl methyl sites for hydroxylation is 2. The molecule has 58 heavy (non-hydrogen) atoms. The van der Waals surface area contributed by atoms with Gasteiger partial charge < -0.3 is 29.9 Å². The number of carbonyl (C=O) groups is 2. The number of quaternary nitrogens is 1. The molecule has 3 N–H and O–H groups in total. The van der Waals surface area contributed by atoms with Crippen LogP contribution in [0.3, 0.4) is 0 Å². The number of carbonyl (C=O) groups excluding carboxylic acids is 1. The average Bonchev–Trinajstić information content (AvgIpc) is 3.71.